The van der Waals surface area contributed by atoms with Crippen LogP contribution in [0.3, 0.4) is 0 Å². The maximum Gasteiger partial charge on any atom is 0.319 e. The van der Waals surface area contributed by atoms with Crippen molar-refractivity contribution < 1.29 is 19.1 Å². The highest BCUT2D eigenvalue weighted by atomic mass is 19.1. The van der Waals surface area contributed by atoms with Crippen LogP contribution in [-0.4, -0.2) is 47.3 Å². The van der Waals surface area contributed by atoms with E-state index in [1.165, 1.54) is 10.5 Å². The van der Waals surface area contributed by atoms with Gasteiger partial charge in [-0.2, -0.15) is 0 Å². The molecular weight excluding hydrogens is 361 g/mol. The normalized spacial score (nSPS) is 14.9. The molecule has 3 N–H and O–H groups in total. The lowest BCUT2D eigenvalue weighted by atomic mass is 9.96. The molecule has 0 atom stereocenters. The number of rotatable bonds is 6. The number of carbonyl (C=O) groups excluding carboxylic acids is 2. The summed E-state index contributed by atoms with van der Waals surface area (Å²) < 4.78 is 13.7. The summed E-state index contributed by atoms with van der Waals surface area (Å²) in [6.07, 6.45) is 0.154. The Hall–Kier alpha value is -2.93. The van der Waals surface area contributed by atoms with E-state index in [0.717, 1.165) is 11.1 Å². The summed E-state index contributed by atoms with van der Waals surface area (Å²) in [6.45, 7) is 1.74. The smallest absolute Gasteiger partial charge is 0.319 e. The summed E-state index contributed by atoms with van der Waals surface area (Å²) in [5, 5.41) is 14.4. The van der Waals surface area contributed by atoms with E-state index in [1.807, 2.05) is 31.2 Å². The van der Waals surface area contributed by atoms with Crippen LogP contribution in [0.15, 0.2) is 48.5 Å². The molecule has 2 aromatic carbocycles. The lowest BCUT2D eigenvalue weighted by Crippen LogP contribution is -2.63. The number of likely N-dealkylation sites (tertiary alicyclic amines) is 1. The average molecular weight is 385 g/mol. The number of benzene rings is 2. The summed E-state index contributed by atoms with van der Waals surface area (Å²) in [5.74, 6) is -0.182. The van der Waals surface area contributed by atoms with E-state index in [1.54, 1.807) is 24.3 Å². The molecule has 1 aliphatic rings. The molecule has 6 nitrogen and oxygen atoms in total. The van der Waals surface area contributed by atoms with Gasteiger partial charge in [-0.3, -0.25) is 4.79 Å². The van der Waals surface area contributed by atoms with Gasteiger partial charge in [-0.25, -0.2) is 9.18 Å². The molecule has 0 radical (unpaired) electrons. The topological polar surface area (TPSA) is 81.7 Å². The van der Waals surface area contributed by atoms with Gasteiger partial charge in [0.2, 0.25) is 5.91 Å². The number of nitrogens with zero attached hydrogens (tertiary/aromatic N) is 1. The monoisotopic (exact) mass is 385 g/mol. The number of alkyl halides is 1. The molecule has 1 saturated heterocycles. The molecule has 1 fully saturated rings. The number of hydrogen-bond donors (Lipinski definition) is 3. The van der Waals surface area contributed by atoms with Crippen molar-refractivity contribution >= 4 is 17.6 Å². The van der Waals surface area contributed by atoms with Crippen molar-refractivity contribution in [3.8, 4) is 0 Å². The van der Waals surface area contributed by atoms with Crippen LogP contribution in [0.2, 0.25) is 0 Å². The van der Waals surface area contributed by atoms with E-state index >= 15 is 0 Å². The minimum absolute atomic E-state index is 0.0663. The van der Waals surface area contributed by atoms with Crippen molar-refractivity contribution in [3.05, 3.63) is 65.2 Å². The number of anilines is 1. The van der Waals surface area contributed by atoms with Gasteiger partial charge in [0.1, 0.15) is 0 Å². The predicted octanol–water partition coefficient (Wildman–Crippen LogP) is 2.40. The summed E-state index contributed by atoms with van der Waals surface area (Å²) >= 11 is 0. The van der Waals surface area contributed by atoms with Crippen molar-refractivity contribution in [2.24, 2.45) is 0 Å². The zero-order valence-corrected chi connectivity index (χ0v) is 15.7. The lowest BCUT2D eigenvalue weighted by Gasteiger charge is -2.43. The van der Waals surface area contributed by atoms with E-state index in [2.05, 4.69) is 10.6 Å². The van der Waals surface area contributed by atoms with Gasteiger partial charge < -0.3 is 20.6 Å². The minimum Gasteiger partial charge on any atom is -0.393 e. The Morgan fingerprint density at radius 2 is 1.68 bits per heavy atom. The van der Waals surface area contributed by atoms with Gasteiger partial charge in [-0.1, -0.05) is 42.0 Å². The van der Waals surface area contributed by atoms with Crippen LogP contribution >= 0.6 is 0 Å². The maximum atomic E-state index is 13.7. The Morgan fingerprint density at radius 1 is 1.07 bits per heavy atom. The Balaban J connectivity index is 1.44. The molecule has 148 valence electrons. The average Bonchev–Trinajstić information content (AvgIpc) is 2.66. The van der Waals surface area contributed by atoms with Crippen molar-refractivity contribution in [2.75, 3.05) is 25.0 Å². The molecule has 1 aliphatic heterocycles. The highest BCUT2D eigenvalue weighted by molar-refractivity contribution is 5.89. The molecule has 7 heteroatoms. The highest BCUT2D eigenvalue weighted by Crippen LogP contribution is 2.25. The van der Waals surface area contributed by atoms with Gasteiger partial charge in [0.15, 0.2) is 5.67 Å². The first-order chi connectivity index (χ1) is 13.4. The maximum absolute atomic E-state index is 13.7. The number of aryl methyl sites for hydroxylation is 1. The number of urea groups is 1. The number of halogens is 1. The second-order valence-corrected chi connectivity index (χ2v) is 7.23. The van der Waals surface area contributed by atoms with Crippen molar-refractivity contribution in [1.82, 2.24) is 10.2 Å². The fourth-order valence-electron chi connectivity index (χ4n) is 2.97. The molecule has 0 spiro atoms. The van der Waals surface area contributed by atoms with Crippen molar-refractivity contribution in [2.45, 2.75) is 25.6 Å². The first-order valence-corrected chi connectivity index (χ1v) is 9.14. The first-order valence-electron chi connectivity index (χ1n) is 9.14. The van der Waals surface area contributed by atoms with Crippen LogP contribution in [0.1, 0.15) is 16.7 Å². The van der Waals surface area contributed by atoms with Gasteiger partial charge in [-0.15, -0.1) is 0 Å². The second-order valence-electron chi connectivity index (χ2n) is 7.23. The Labute approximate surface area is 163 Å². The van der Waals surface area contributed by atoms with Gasteiger partial charge in [0.25, 0.3) is 0 Å². The fourth-order valence-corrected chi connectivity index (χ4v) is 2.97. The fraction of sp³-hybridized carbons (Fsp3) is 0.333. The van der Waals surface area contributed by atoms with Gasteiger partial charge >= 0.3 is 6.03 Å². The molecule has 0 bridgehead atoms. The van der Waals surface area contributed by atoms with Crippen molar-refractivity contribution in [1.29, 1.82) is 0 Å². The number of aliphatic hydroxyl groups excluding tert-OH is 1. The summed E-state index contributed by atoms with van der Waals surface area (Å²) in [5.41, 5.74) is 1.91. The summed E-state index contributed by atoms with van der Waals surface area (Å²) in [7, 11) is 0. The second kappa shape index (κ2) is 8.39. The van der Waals surface area contributed by atoms with E-state index in [4.69, 9.17) is 5.11 Å². The van der Waals surface area contributed by atoms with Gasteiger partial charge in [0.05, 0.1) is 26.1 Å². The molecule has 3 amide bonds. The van der Waals surface area contributed by atoms with Crippen LogP contribution in [0.4, 0.5) is 14.9 Å². The molecule has 3 rings (SSSR count). The van der Waals surface area contributed by atoms with Crippen LogP contribution < -0.4 is 10.6 Å². The third-order valence-electron chi connectivity index (χ3n) is 4.73. The van der Waals surface area contributed by atoms with Gasteiger partial charge in [0, 0.05) is 12.2 Å². The first kappa shape index (κ1) is 19.8. The molecule has 0 aromatic heterocycles. The Bertz CT molecular complexity index is 831. The van der Waals surface area contributed by atoms with Crippen LogP contribution in [0, 0.1) is 6.92 Å². The van der Waals surface area contributed by atoms with E-state index < -0.39 is 12.3 Å². The Morgan fingerprint density at radius 3 is 2.29 bits per heavy atom. The highest BCUT2D eigenvalue weighted by Gasteiger charge is 2.45. The Kier molecular flexibility index (Phi) is 5.94. The minimum atomic E-state index is -1.66. The molecule has 0 aliphatic carbocycles. The van der Waals surface area contributed by atoms with Gasteiger partial charge in [-0.05, 0) is 30.2 Å². The van der Waals surface area contributed by atoms with E-state index in [-0.39, 0.29) is 31.4 Å². The largest absolute Gasteiger partial charge is 0.393 e. The zero-order chi connectivity index (χ0) is 20.1. The standard InChI is InChI=1S/C21H24FN3O3/c1-15-2-4-17(5-3-15)11-23-20(28)24-18-8-6-16(7-9-18)10-19(27)25-12-21(22,13-25)14-26/h2-9,26H,10-14H2,1H3,(H2,23,24,28). The molecule has 0 saturated carbocycles. The van der Waals surface area contributed by atoms with E-state index in [0.29, 0.717) is 12.2 Å². The number of amides is 3. The number of carbonyl (C=O) groups is 2. The summed E-state index contributed by atoms with van der Waals surface area (Å²) in [4.78, 5) is 25.5. The van der Waals surface area contributed by atoms with Crippen LogP contribution in [0.5, 0.6) is 0 Å². The number of nitrogens with one attached hydrogen (secondary N) is 2. The molecule has 2 aromatic rings. The molecule has 0 unspecified atom stereocenters. The molecule has 1 heterocycles. The quantitative estimate of drug-likeness (QED) is 0.714. The third-order valence-corrected chi connectivity index (χ3v) is 4.73. The molecule has 28 heavy (non-hydrogen) atoms. The SMILES string of the molecule is Cc1ccc(CNC(=O)Nc2ccc(CC(=O)N3CC(F)(CO)C3)cc2)cc1. The zero-order valence-electron chi connectivity index (χ0n) is 15.7. The number of aliphatic hydroxyl groups is 1. The predicted molar refractivity (Wildman–Crippen MR) is 105 cm³/mol. The molecular formula is C21H24FN3O3. The van der Waals surface area contributed by atoms with Crippen LogP contribution in [0.25, 0.3) is 0 Å². The number of hydrogen-bond acceptors (Lipinski definition) is 3. The summed E-state index contributed by atoms with van der Waals surface area (Å²) in [6, 6.07) is 14.5. The van der Waals surface area contributed by atoms with Crippen molar-refractivity contribution in [3.63, 3.8) is 0 Å². The van der Waals surface area contributed by atoms with Crippen LogP contribution in [-0.2, 0) is 17.8 Å². The third kappa shape index (κ3) is 5.07. The lowest BCUT2D eigenvalue weighted by molar-refractivity contribution is -0.147. The van der Waals surface area contributed by atoms with E-state index in [9.17, 15) is 14.0 Å².